The molecule has 1 aromatic heterocycles. The zero-order valence-electron chi connectivity index (χ0n) is 18.7. The molecule has 2 aromatic carbocycles. The Bertz CT molecular complexity index is 970. The fourth-order valence-corrected chi connectivity index (χ4v) is 4.56. The Morgan fingerprint density at radius 3 is 2.57 bits per heavy atom. The van der Waals surface area contributed by atoms with E-state index in [-0.39, 0.29) is 0 Å². The number of ether oxygens (including phenoxy) is 1. The van der Waals surface area contributed by atoms with Crippen LogP contribution in [0, 0.1) is 13.8 Å². The van der Waals surface area contributed by atoms with Gasteiger partial charge >= 0.3 is 0 Å². The molecule has 2 heterocycles. The summed E-state index contributed by atoms with van der Waals surface area (Å²) in [5.74, 6) is 2.20. The maximum absolute atomic E-state index is 6.12. The van der Waals surface area contributed by atoms with Gasteiger partial charge in [-0.2, -0.15) is 0 Å². The smallest absolute Gasteiger partial charge is 0.127 e. The molecule has 1 aliphatic rings. The van der Waals surface area contributed by atoms with Crippen molar-refractivity contribution in [3.8, 4) is 5.75 Å². The van der Waals surface area contributed by atoms with Gasteiger partial charge in [-0.3, -0.25) is 4.90 Å². The van der Waals surface area contributed by atoms with Crippen molar-refractivity contribution < 1.29 is 4.74 Å². The van der Waals surface area contributed by atoms with E-state index in [0.29, 0.717) is 12.6 Å². The summed E-state index contributed by atoms with van der Waals surface area (Å²) in [5.41, 5.74) is 4.78. The lowest BCUT2D eigenvalue weighted by Gasteiger charge is -2.27. The summed E-state index contributed by atoms with van der Waals surface area (Å²) in [7, 11) is 0. The van der Waals surface area contributed by atoms with Crippen molar-refractivity contribution in [1.82, 2.24) is 14.5 Å². The molecule has 1 unspecified atom stereocenters. The molecule has 4 rings (SSSR count). The van der Waals surface area contributed by atoms with Crippen molar-refractivity contribution in [2.75, 3.05) is 19.7 Å². The molecule has 1 fully saturated rings. The molecule has 1 atom stereocenters. The van der Waals surface area contributed by atoms with Gasteiger partial charge in [-0.05, 0) is 82.4 Å². The molecule has 0 aliphatic carbocycles. The predicted molar refractivity (Wildman–Crippen MR) is 124 cm³/mol. The summed E-state index contributed by atoms with van der Waals surface area (Å²) in [4.78, 5) is 7.68. The van der Waals surface area contributed by atoms with Crippen LogP contribution in [-0.4, -0.2) is 34.1 Å². The van der Waals surface area contributed by atoms with E-state index in [1.807, 2.05) is 0 Å². The van der Waals surface area contributed by atoms with Crippen molar-refractivity contribution in [2.45, 2.75) is 65.5 Å². The average molecular weight is 406 g/mol. The first-order valence-corrected chi connectivity index (χ1v) is 11.5. The quantitative estimate of drug-likeness (QED) is 0.448. The van der Waals surface area contributed by atoms with Crippen molar-refractivity contribution in [3.63, 3.8) is 0 Å². The van der Waals surface area contributed by atoms with Gasteiger partial charge in [-0.1, -0.05) is 37.1 Å². The van der Waals surface area contributed by atoms with Crippen LogP contribution in [0.15, 0.2) is 42.5 Å². The number of aromatic nitrogens is 2. The summed E-state index contributed by atoms with van der Waals surface area (Å²) in [6, 6.07) is 15.3. The number of para-hydroxylation sites is 2. The Balaban J connectivity index is 1.49. The Morgan fingerprint density at radius 1 is 1.00 bits per heavy atom. The summed E-state index contributed by atoms with van der Waals surface area (Å²) in [6.07, 6.45) is 6.28. The molecule has 0 saturated carbocycles. The van der Waals surface area contributed by atoms with Gasteiger partial charge in [0.15, 0.2) is 0 Å². The van der Waals surface area contributed by atoms with Gasteiger partial charge in [0, 0.05) is 6.54 Å². The maximum Gasteiger partial charge on any atom is 0.127 e. The maximum atomic E-state index is 6.12. The number of likely N-dealkylation sites (tertiary alicyclic amines) is 1. The topological polar surface area (TPSA) is 30.3 Å². The van der Waals surface area contributed by atoms with Crippen molar-refractivity contribution in [1.29, 1.82) is 0 Å². The van der Waals surface area contributed by atoms with Crippen LogP contribution in [0.25, 0.3) is 11.0 Å². The highest BCUT2D eigenvalue weighted by atomic mass is 16.5. The minimum atomic E-state index is 0.343. The number of imidazole rings is 1. The van der Waals surface area contributed by atoms with E-state index >= 15 is 0 Å². The molecule has 0 spiro atoms. The molecule has 160 valence electrons. The van der Waals surface area contributed by atoms with Crippen LogP contribution in [0.3, 0.4) is 0 Å². The van der Waals surface area contributed by atoms with Gasteiger partial charge in [-0.25, -0.2) is 4.98 Å². The largest absolute Gasteiger partial charge is 0.493 e. The average Bonchev–Trinajstić information content (AvgIpc) is 2.91. The predicted octanol–water partition coefficient (Wildman–Crippen LogP) is 6.06. The van der Waals surface area contributed by atoms with E-state index in [4.69, 9.17) is 9.72 Å². The lowest BCUT2D eigenvalue weighted by atomic mass is 10.1. The van der Waals surface area contributed by atoms with Crippen molar-refractivity contribution in [3.05, 3.63) is 59.4 Å². The Labute approximate surface area is 180 Å². The van der Waals surface area contributed by atoms with Crippen LogP contribution in [-0.2, 0) is 6.54 Å². The SMILES string of the molecule is Cc1ccc(C)c(OCCCn2c(C(C)N3CCCCCC3)nc3ccccc32)c1. The van der Waals surface area contributed by atoms with Crippen LogP contribution >= 0.6 is 0 Å². The molecule has 0 radical (unpaired) electrons. The summed E-state index contributed by atoms with van der Waals surface area (Å²) in [6.45, 7) is 10.6. The van der Waals surface area contributed by atoms with Gasteiger partial charge in [0.05, 0.1) is 23.7 Å². The lowest BCUT2D eigenvalue weighted by molar-refractivity contribution is 0.206. The number of aryl methyl sites for hydroxylation is 3. The Kier molecular flexibility index (Phi) is 6.73. The summed E-state index contributed by atoms with van der Waals surface area (Å²) in [5, 5.41) is 0. The van der Waals surface area contributed by atoms with Crippen molar-refractivity contribution >= 4 is 11.0 Å². The normalized spacial score (nSPS) is 16.5. The van der Waals surface area contributed by atoms with E-state index in [2.05, 4.69) is 72.7 Å². The third-order valence-corrected chi connectivity index (χ3v) is 6.37. The minimum absolute atomic E-state index is 0.343. The second-order valence-corrected chi connectivity index (χ2v) is 8.71. The number of rotatable bonds is 7. The molecule has 30 heavy (non-hydrogen) atoms. The molecular weight excluding hydrogens is 370 g/mol. The number of benzene rings is 2. The first-order valence-electron chi connectivity index (χ1n) is 11.5. The molecule has 4 nitrogen and oxygen atoms in total. The molecule has 3 aromatic rings. The highest BCUT2D eigenvalue weighted by molar-refractivity contribution is 5.76. The third kappa shape index (κ3) is 4.70. The fourth-order valence-electron chi connectivity index (χ4n) is 4.56. The number of hydrogen-bond acceptors (Lipinski definition) is 3. The monoisotopic (exact) mass is 405 g/mol. The first kappa shape index (κ1) is 20.9. The van der Waals surface area contributed by atoms with Crippen molar-refractivity contribution in [2.24, 2.45) is 0 Å². The number of hydrogen-bond donors (Lipinski definition) is 0. The molecule has 0 N–H and O–H groups in total. The van der Waals surface area contributed by atoms with Gasteiger partial charge in [-0.15, -0.1) is 0 Å². The van der Waals surface area contributed by atoms with E-state index in [9.17, 15) is 0 Å². The molecule has 1 saturated heterocycles. The van der Waals surface area contributed by atoms with Crippen LogP contribution in [0.4, 0.5) is 0 Å². The van der Waals surface area contributed by atoms with Gasteiger partial charge in [0.2, 0.25) is 0 Å². The zero-order valence-corrected chi connectivity index (χ0v) is 18.7. The summed E-state index contributed by atoms with van der Waals surface area (Å²) < 4.78 is 8.54. The van der Waals surface area contributed by atoms with Gasteiger partial charge < -0.3 is 9.30 Å². The van der Waals surface area contributed by atoms with E-state index in [0.717, 1.165) is 24.2 Å². The lowest BCUT2D eigenvalue weighted by Crippen LogP contribution is -2.30. The number of nitrogens with zero attached hydrogens (tertiary/aromatic N) is 3. The van der Waals surface area contributed by atoms with Crippen LogP contribution in [0.1, 0.15) is 62.0 Å². The third-order valence-electron chi connectivity index (χ3n) is 6.37. The molecule has 1 aliphatic heterocycles. The van der Waals surface area contributed by atoms with Crippen LogP contribution < -0.4 is 4.74 Å². The van der Waals surface area contributed by atoms with E-state index in [1.165, 1.54) is 61.2 Å². The highest BCUT2D eigenvalue weighted by Gasteiger charge is 2.23. The van der Waals surface area contributed by atoms with E-state index in [1.54, 1.807) is 0 Å². The van der Waals surface area contributed by atoms with Gasteiger partial charge in [0.1, 0.15) is 11.6 Å². The Hall–Kier alpha value is -2.33. The zero-order chi connectivity index (χ0) is 20.9. The molecular formula is C26H35N3O. The Morgan fingerprint density at radius 2 is 1.77 bits per heavy atom. The minimum Gasteiger partial charge on any atom is -0.493 e. The second-order valence-electron chi connectivity index (χ2n) is 8.71. The van der Waals surface area contributed by atoms with Crippen LogP contribution in [0.5, 0.6) is 5.75 Å². The van der Waals surface area contributed by atoms with E-state index < -0.39 is 0 Å². The van der Waals surface area contributed by atoms with Crippen LogP contribution in [0.2, 0.25) is 0 Å². The fraction of sp³-hybridized carbons (Fsp3) is 0.500. The molecule has 4 heteroatoms. The summed E-state index contributed by atoms with van der Waals surface area (Å²) >= 11 is 0. The molecule has 0 amide bonds. The second kappa shape index (κ2) is 9.65. The van der Waals surface area contributed by atoms with Gasteiger partial charge in [0.25, 0.3) is 0 Å². The standard InChI is InChI=1S/C26H35N3O/c1-20-13-14-21(2)25(19-20)30-18-10-17-29-24-12-7-6-11-23(24)27-26(29)22(3)28-15-8-4-5-9-16-28/h6-7,11-14,19,22H,4-5,8-10,15-18H2,1-3H3. The first-order chi connectivity index (χ1) is 14.6. The number of fused-ring (bicyclic) bond motifs is 1. The highest BCUT2D eigenvalue weighted by Crippen LogP contribution is 2.27. The molecule has 0 bridgehead atoms.